The number of anilines is 2. The van der Waals surface area contributed by atoms with Crippen molar-refractivity contribution in [2.45, 2.75) is 51.0 Å². The zero-order chi connectivity index (χ0) is 19.9. The fourth-order valence-corrected chi connectivity index (χ4v) is 3.80. The molecule has 2 N–H and O–H groups in total. The van der Waals surface area contributed by atoms with Crippen molar-refractivity contribution in [1.29, 1.82) is 0 Å². The second-order valence-electron chi connectivity index (χ2n) is 8.11. The summed E-state index contributed by atoms with van der Waals surface area (Å²) in [4.78, 5) is 27.3. The van der Waals surface area contributed by atoms with E-state index in [9.17, 15) is 4.79 Å². The Labute approximate surface area is 172 Å². The van der Waals surface area contributed by atoms with Crippen LogP contribution in [0.15, 0.2) is 36.9 Å². The van der Waals surface area contributed by atoms with Gasteiger partial charge in [-0.2, -0.15) is 0 Å². The number of carbonyl (C=O) groups excluding carboxylic acids is 1. The van der Waals surface area contributed by atoms with Gasteiger partial charge < -0.3 is 15.5 Å². The van der Waals surface area contributed by atoms with Gasteiger partial charge in [0.05, 0.1) is 0 Å². The lowest BCUT2D eigenvalue weighted by molar-refractivity contribution is -0.121. The van der Waals surface area contributed by atoms with E-state index in [1.807, 2.05) is 18.3 Å². The van der Waals surface area contributed by atoms with Crippen LogP contribution in [0.2, 0.25) is 0 Å². The molecular formula is C22H30N6O. The smallest absolute Gasteiger partial charge is 0.220 e. The highest BCUT2D eigenvalue weighted by molar-refractivity contribution is 5.75. The normalized spacial score (nSPS) is 17.2. The molecule has 0 radical (unpaired) electrons. The average molecular weight is 395 g/mol. The topological polar surface area (TPSA) is 83.0 Å². The molecule has 0 unspecified atom stereocenters. The van der Waals surface area contributed by atoms with Crippen molar-refractivity contribution >= 4 is 17.5 Å². The fraction of sp³-hybridized carbons (Fsp3) is 0.545. The van der Waals surface area contributed by atoms with E-state index in [0.717, 1.165) is 56.0 Å². The maximum atomic E-state index is 12.1. The van der Waals surface area contributed by atoms with Gasteiger partial charge in [-0.15, -0.1) is 0 Å². The van der Waals surface area contributed by atoms with Gasteiger partial charge >= 0.3 is 0 Å². The van der Waals surface area contributed by atoms with Gasteiger partial charge in [-0.1, -0.05) is 6.07 Å². The molecule has 0 atom stereocenters. The van der Waals surface area contributed by atoms with E-state index in [4.69, 9.17) is 0 Å². The monoisotopic (exact) mass is 394 g/mol. The molecule has 1 amide bonds. The third-order valence-corrected chi connectivity index (χ3v) is 5.76. The first-order valence-electron chi connectivity index (χ1n) is 10.8. The molecule has 2 aliphatic rings. The van der Waals surface area contributed by atoms with Gasteiger partial charge in [-0.05, 0) is 56.1 Å². The third kappa shape index (κ3) is 6.14. The quantitative estimate of drug-likeness (QED) is 0.681. The minimum Gasteiger partial charge on any atom is -0.367 e. The number of carbonyl (C=O) groups is 1. The van der Waals surface area contributed by atoms with Gasteiger partial charge in [0.15, 0.2) is 0 Å². The van der Waals surface area contributed by atoms with Crippen LogP contribution in [0.25, 0.3) is 0 Å². The molecule has 29 heavy (non-hydrogen) atoms. The summed E-state index contributed by atoms with van der Waals surface area (Å²) in [6.07, 6.45) is 12.4. The Morgan fingerprint density at radius 2 is 2.03 bits per heavy atom. The first kappa shape index (κ1) is 19.6. The fourth-order valence-electron chi connectivity index (χ4n) is 3.80. The number of nitrogens with one attached hydrogen (secondary N) is 2. The van der Waals surface area contributed by atoms with E-state index >= 15 is 0 Å². The molecule has 1 aliphatic heterocycles. The lowest BCUT2D eigenvalue weighted by Crippen LogP contribution is -2.35. The minimum absolute atomic E-state index is 0.155. The summed E-state index contributed by atoms with van der Waals surface area (Å²) >= 11 is 0. The average Bonchev–Trinajstić information content (AvgIpc) is 3.58. The van der Waals surface area contributed by atoms with Crippen LogP contribution < -0.4 is 15.5 Å². The Morgan fingerprint density at radius 1 is 1.17 bits per heavy atom. The second kappa shape index (κ2) is 9.67. The van der Waals surface area contributed by atoms with Crippen LogP contribution in [0.3, 0.4) is 0 Å². The molecule has 154 valence electrons. The molecule has 7 heteroatoms. The summed E-state index contributed by atoms with van der Waals surface area (Å²) in [6.45, 7) is 2.66. The highest BCUT2D eigenvalue weighted by Crippen LogP contribution is 2.27. The zero-order valence-electron chi connectivity index (χ0n) is 16.9. The molecule has 2 aromatic rings. The van der Waals surface area contributed by atoms with Crippen LogP contribution in [0.1, 0.15) is 44.1 Å². The first-order chi connectivity index (χ1) is 14.3. The SMILES string of the molecule is O=C(CCC1CCN(c2cc(NC3CC3)ncn2)CC1)NCCc1cccnc1. The molecule has 1 saturated heterocycles. The molecule has 7 nitrogen and oxygen atoms in total. The van der Waals surface area contributed by atoms with E-state index in [1.165, 1.54) is 12.8 Å². The summed E-state index contributed by atoms with van der Waals surface area (Å²) < 4.78 is 0. The van der Waals surface area contributed by atoms with Crippen molar-refractivity contribution in [2.75, 3.05) is 29.9 Å². The van der Waals surface area contributed by atoms with E-state index in [-0.39, 0.29) is 5.91 Å². The number of amides is 1. The Bertz CT molecular complexity index is 787. The Hall–Kier alpha value is -2.70. The lowest BCUT2D eigenvalue weighted by atomic mass is 9.92. The molecule has 2 fully saturated rings. The van der Waals surface area contributed by atoms with Crippen molar-refractivity contribution in [1.82, 2.24) is 20.3 Å². The van der Waals surface area contributed by atoms with Gasteiger partial charge in [0.25, 0.3) is 0 Å². The van der Waals surface area contributed by atoms with Gasteiger partial charge in [-0.3, -0.25) is 9.78 Å². The minimum atomic E-state index is 0.155. The highest BCUT2D eigenvalue weighted by Gasteiger charge is 2.23. The summed E-state index contributed by atoms with van der Waals surface area (Å²) in [5.41, 5.74) is 1.15. The summed E-state index contributed by atoms with van der Waals surface area (Å²) in [5.74, 6) is 2.71. The molecule has 2 aromatic heterocycles. The lowest BCUT2D eigenvalue weighted by Gasteiger charge is -2.32. The van der Waals surface area contributed by atoms with Crippen molar-refractivity contribution in [3.05, 3.63) is 42.5 Å². The van der Waals surface area contributed by atoms with Gasteiger partial charge in [0.1, 0.15) is 18.0 Å². The van der Waals surface area contributed by atoms with Crippen LogP contribution >= 0.6 is 0 Å². The maximum Gasteiger partial charge on any atom is 0.220 e. The molecule has 4 rings (SSSR count). The number of aromatic nitrogens is 3. The summed E-state index contributed by atoms with van der Waals surface area (Å²) in [5, 5.41) is 6.47. The van der Waals surface area contributed by atoms with Crippen LogP contribution in [0.5, 0.6) is 0 Å². The number of rotatable bonds is 9. The molecule has 0 bridgehead atoms. The largest absolute Gasteiger partial charge is 0.367 e. The Balaban J connectivity index is 1.14. The Morgan fingerprint density at radius 3 is 2.79 bits per heavy atom. The van der Waals surface area contributed by atoms with Crippen molar-refractivity contribution in [2.24, 2.45) is 5.92 Å². The summed E-state index contributed by atoms with van der Waals surface area (Å²) in [7, 11) is 0. The van der Waals surface area contributed by atoms with Crippen molar-refractivity contribution in [3.8, 4) is 0 Å². The van der Waals surface area contributed by atoms with Crippen LogP contribution in [0.4, 0.5) is 11.6 Å². The van der Waals surface area contributed by atoms with Gasteiger partial charge in [0.2, 0.25) is 5.91 Å². The molecule has 0 spiro atoms. The van der Waals surface area contributed by atoms with Crippen LogP contribution in [0, 0.1) is 5.92 Å². The third-order valence-electron chi connectivity index (χ3n) is 5.76. The number of pyridine rings is 1. The van der Waals surface area contributed by atoms with Gasteiger partial charge in [0, 0.05) is 50.6 Å². The maximum absolute atomic E-state index is 12.1. The Kier molecular flexibility index (Phi) is 6.54. The van der Waals surface area contributed by atoms with Crippen LogP contribution in [-0.2, 0) is 11.2 Å². The number of nitrogens with zero attached hydrogens (tertiary/aromatic N) is 4. The van der Waals surface area contributed by atoms with E-state index < -0.39 is 0 Å². The van der Waals surface area contributed by atoms with Crippen molar-refractivity contribution in [3.63, 3.8) is 0 Å². The second-order valence-corrected chi connectivity index (χ2v) is 8.11. The standard InChI is InChI=1S/C22H30N6O/c29-22(24-11-7-18-2-1-10-23-15-18)6-3-17-8-12-28(13-9-17)21-14-20(25-16-26-21)27-19-4-5-19/h1-2,10,14-17,19H,3-9,11-13H2,(H,24,29)(H,25,26,27). The number of piperidine rings is 1. The van der Waals surface area contributed by atoms with Crippen molar-refractivity contribution < 1.29 is 4.79 Å². The molecule has 1 saturated carbocycles. The zero-order valence-corrected chi connectivity index (χ0v) is 16.9. The molecule has 0 aromatic carbocycles. The van der Waals surface area contributed by atoms with E-state index in [1.54, 1.807) is 12.5 Å². The number of hydrogen-bond acceptors (Lipinski definition) is 6. The predicted molar refractivity (Wildman–Crippen MR) is 114 cm³/mol. The summed E-state index contributed by atoms with van der Waals surface area (Å²) in [6, 6.07) is 6.62. The molecule has 3 heterocycles. The molecular weight excluding hydrogens is 364 g/mol. The van der Waals surface area contributed by atoms with Crippen LogP contribution in [-0.4, -0.2) is 46.5 Å². The first-order valence-corrected chi connectivity index (χ1v) is 10.8. The van der Waals surface area contributed by atoms with E-state index in [2.05, 4.69) is 36.6 Å². The number of hydrogen-bond donors (Lipinski definition) is 2. The predicted octanol–water partition coefficient (Wildman–Crippen LogP) is 2.80. The molecule has 1 aliphatic carbocycles. The van der Waals surface area contributed by atoms with Gasteiger partial charge in [-0.25, -0.2) is 9.97 Å². The van der Waals surface area contributed by atoms with E-state index in [0.29, 0.717) is 24.9 Å². The highest BCUT2D eigenvalue weighted by atomic mass is 16.1.